The summed E-state index contributed by atoms with van der Waals surface area (Å²) in [6, 6.07) is 24.9. The minimum absolute atomic E-state index is 0.127. The molecule has 1 aliphatic rings. The van der Waals surface area contributed by atoms with Crippen molar-refractivity contribution in [2.45, 2.75) is 0 Å². The summed E-state index contributed by atoms with van der Waals surface area (Å²) in [6.07, 6.45) is 1.55. The van der Waals surface area contributed by atoms with Gasteiger partial charge < -0.3 is 13.4 Å². The first-order valence-corrected chi connectivity index (χ1v) is 11.0. The summed E-state index contributed by atoms with van der Waals surface area (Å²) >= 11 is 0. The number of aryl methyl sites for hydroxylation is 1. The SMILES string of the molecule is Cn1c(-c2cc3ccccc3o2)cc2oc(C=C3C(=O)c4cc5ccccc5cc4C3=O)cc21. The van der Waals surface area contributed by atoms with Gasteiger partial charge in [-0.3, -0.25) is 9.59 Å². The van der Waals surface area contributed by atoms with Gasteiger partial charge in [0.15, 0.2) is 22.9 Å². The molecule has 0 fully saturated rings. The van der Waals surface area contributed by atoms with E-state index in [4.69, 9.17) is 8.83 Å². The Bertz CT molecular complexity index is 1770. The van der Waals surface area contributed by atoms with Crippen molar-refractivity contribution in [2.24, 2.45) is 7.05 Å². The maximum Gasteiger partial charge on any atom is 0.197 e. The van der Waals surface area contributed by atoms with Crippen molar-refractivity contribution in [3.8, 4) is 11.5 Å². The lowest BCUT2D eigenvalue weighted by Crippen LogP contribution is -1.99. The number of furan rings is 2. The van der Waals surface area contributed by atoms with E-state index < -0.39 is 0 Å². The maximum absolute atomic E-state index is 13.1. The number of benzene rings is 3. The molecular weight excluding hydrogens is 426 g/mol. The van der Waals surface area contributed by atoms with Gasteiger partial charge in [-0.1, -0.05) is 42.5 Å². The van der Waals surface area contributed by atoms with Crippen LogP contribution in [0.15, 0.2) is 93.3 Å². The molecule has 1 aliphatic carbocycles. The van der Waals surface area contributed by atoms with Crippen LogP contribution in [0.1, 0.15) is 26.5 Å². The normalized spacial score (nSPS) is 13.5. The van der Waals surface area contributed by atoms with Gasteiger partial charge in [-0.05, 0) is 41.1 Å². The van der Waals surface area contributed by atoms with Gasteiger partial charge in [0, 0.05) is 35.7 Å². The molecule has 0 amide bonds. The number of fused-ring (bicyclic) bond motifs is 4. The Hall–Kier alpha value is -4.64. The molecule has 0 radical (unpaired) electrons. The van der Waals surface area contributed by atoms with E-state index in [1.54, 1.807) is 18.2 Å². The summed E-state index contributed by atoms with van der Waals surface area (Å²) in [6.45, 7) is 0. The van der Waals surface area contributed by atoms with Crippen molar-refractivity contribution in [3.05, 3.63) is 101 Å². The van der Waals surface area contributed by atoms with Crippen molar-refractivity contribution < 1.29 is 18.4 Å². The van der Waals surface area contributed by atoms with E-state index in [1.165, 1.54) is 0 Å². The van der Waals surface area contributed by atoms with Gasteiger partial charge in [0.1, 0.15) is 11.3 Å². The number of carbonyl (C=O) groups excluding carboxylic acids is 2. The summed E-state index contributed by atoms with van der Waals surface area (Å²) in [5, 5.41) is 2.90. The predicted octanol–water partition coefficient (Wildman–Crippen LogP) is 6.80. The molecule has 5 heteroatoms. The van der Waals surface area contributed by atoms with Gasteiger partial charge in [0.25, 0.3) is 0 Å². The Morgan fingerprint density at radius 3 is 2.00 bits per heavy atom. The highest BCUT2D eigenvalue weighted by Crippen LogP contribution is 2.35. The van der Waals surface area contributed by atoms with Crippen LogP contribution >= 0.6 is 0 Å². The molecular formula is C29H17NO4. The standard InChI is InChI=1S/C29H17NO4/c1-30-23-14-19(33-27(23)15-24(30)26-12-18-8-4-5-9-25(18)34-26)13-22-28(31)20-10-16-6-2-3-7-17(16)11-21(20)29(22)32/h2-15H,1H3. The number of allylic oxidation sites excluding steroid dienone is 1. The first kappa shape index (κ1) is 18.9. The zero-order valence-corrected chi connectivity index (χ0v) is 18.2. The van der Waals surface area contributed by atoms with Crippen LogP contribution in [-0.2, 0) is 7.05 Å². The molecule has 3 aromatic heterocycles. The third-order valence-corrected chi connectivity index (χ3v) is 6.58. The van der Waals surface area contributed by atoms with Crippen molar-refractivity contribution in [3.63, 3.8) is 0 Å². The van der Waals surface area contributed by atoms with Crippen molar-refractivity contribution >= 4 is 50.5 Å². The molecule has 0 atom stereocenters. The van der Waals surface area contributed by atoms with Crippen LogP contribution in [0.4, 0.5) is 0 Å². The van der Waals surface area contributed by atoms with Gasteiger partial charge in [0.05, 0.1) is 16.8 Å². The molecule has 0 N–H and O–H groups in total. The number of hydrogen-bond donors (Lipinski definition) is 0. The third kappa shape index (κ3) is 2.61. The minimum atomic E-state index is -0.269. The fourth-order valence-electron chi connectivity index (χ4n) is 4.83. The lowest BCUT2D eigenvalue weighted by Gasteiger charge is -2.00. The van der Waals surface area contributed by atoms with Gasteiger partial charge >= 0.3 is 0 Å². The van der Waals surface area contributed by atoms with Crippen LogP contribution in [0.3, 0.4) is 0 Å². The number of rotatable bonds is 2. The molecule has 34 heavy (non-hydrogen) atoms. The lowest BCUT2D eigenvalue weighted by atomic mass is 10.0. The highest BCUT2D eigenvalue weighted by Gasteiger charge is 2.33. The Morgan fingerprint density at radius 1 is 0.706 bits per heavy atom. The van der Waals surface area contributed by atoms with Crippen molar-refractivity contribution in [1.82, 2.24) is 4.57 Å². The van der Waals surface area contributed by atoms with E-state index in [0.717, 1.165) is 38.7 Å². The lowest BCUT2D eigenvalue weighted by molar-refractivity contribution is 0.0990. The van der Waals surface area contributed by atoms with Gasteiger partial charge in [0.2, 0.25) is 0 Å². The topological polar surface area (TPSA) is 65.3 Å². The van der Waals surface area contributed by atoms with Gasteiger partial charge in [-0.25, -0.2) is 0 Å². The first-order valence-electron chi connectivity index (χ1n) is 11.0. The zero-order valence-electron chi connectivity index (χ0n) is 18.2. The average molecular weight is 443 g/mol. The summed E-state index contributed by atoms with van der Waals surface area (Å²) < 4.78 is 14.0. The van der Waals surface area contributed by atoms with Crippen molar-refractivity contribution in [1.29, 1.82) is 0 Å². The van der Waals surface area contributed by atoms with Crippen molar-refractivity contribution in [2.75, 3.05) is 0 Å². The minimum Gasteiger partial charge on any atom is -0.455 e. The molecule has 3 aromatic carbocycles. The second kappa shape index (κ2) is 6.68. The van der Waals surface area contributed by atoms with E-state index in [2.05, 4.69) is 0 Å². The number of hydrogen-bond acceptors (Lipinski definition) is 4. The molecule has 0 bridgehead atoms. The quantitative estimate of drug-likeness (QED) is 0.218. The van der Waals surface area contributed by atoms with Gasteiger partial charge in [-0.2, -0.15) is 0 Å². The predicted molar refractivity (Wildman–Crippen MR) is 131 cm³/mol. The van der Waals surface area contributed by atoms with E-state index in [9.17, 15) is 9.59 Å². The van der Waals surface area contributed by atoms with Crippen LogP contribution in [-0.4, -0.2) is 16.1 Å². The molecule has 0 aliphatic heterocycles. The number of ketones is 2. The number of para-hydroxylation sites is 1. The molecule has 0 saturated carbocycles. The number of nitrogens with zero attached hydrogens (tertiary/aromatic N) is 1. The van der Waals surface area contributed by atoms with E-state index in [1.807, 2.05) is 78.3 Å². The molecule has 6 aromatic rings. The number of aromatic nitrogens is 1. The number of Topliss-reactive ketones (excluding diaryl/α,β-unsaturated/α-hetero) is 2. The summed E-state index contributed by atoms with van der Waals surface area (Å²) in [5.74, 6) is 0.674. The van der Waals surface area contributed by atoms with Crippen LogP contribution in [0.5, 0.6) is 0 Å². The molecule has 0 saturated heterocycles. The Kier molecular flexibility index (Phi) is 3.71. The fourth-order valence-corrected chi connectivity index (χ4v) is 4.83. The molecule has 0 unspecified atom stereocenters. The summed E-state index contributed by atoms with van der Waals surface area (Å²) in [4.78, 5) is 26.1. The molecule has 0 spiro atoms. The Morgan fingerprint density at radius 2 is 1.35 bits per heavy atom. The van der Waals surface area contributed by atoms with E-state index in [-0.39, 0.29) is 17.1 Å². The van der Waals surface area contributed by atoms with E-state index >= 15 is 0 Å². The smallest absolute Gasteiger partial charge is 0.197 e. The van der Waals surface area contributed by atoms with Crippen LogP contribution in [0.2, 0.25) is 0 Å². The monoisotopic (exact) mass is 443 g/mol. The van der Waals surface area contributed by atoms with E-state index in [0.29, 0.717) is 22.5 Å². The first-order chi connectivity index (χ1) is 16.6. The second-order valence-electron chi connectivity index (χ2n) is 8.60. The average Bonchev–Trinajstić information content (AvgIpc) is 3.58. The van der Waals surface area contributed by atoms with Crippen LogP contribution in [0.25, 0.3) is 50.4 Å². The molecule has 162 valence electrons. The molecule has 5 nitrogen and oxygen atoms in total. The molecule has 7 rings (SSSR count). The summed E-state index contributed by atoms with van der Waals surface area (Å²) in [7, 11) is 1.94. The van der Waals surface area contributed by atoms with Crippen LogP contribution < -0.4 is 0 Å². The van der Waals surface area contributed by atoms with Crippen LogP contribution in [0, 0.1) is 0 Å². The fraction of sp³-hybridized carbons (Fsp3) is 0.0345. The number of carbonyl (C=O) groups is 2. The zero-order chi connectivity index (χ0) is 23.0. The van der Waals surface area contributed by atoms with Gasteiger partial charge in [-0.15, -0.1) is 0 Å². The summed E-state index contributed by atoms with van der Waals surface area (Å²) in [5.41, 5.74) is 4.23. The third-order valence-electron chi connectivity index (χ3n) is 6.58. The second-order valence-corrected chi connectivity index (χ2v) is 8.60. The largest absolute Gasteiger partial charge is 0.455 e. The molecule has 3 heterocycles. The Labute approximate surface area is 193 Å². The highest BCUT2D eigenvalue weighted by molar-refractivity contribution is 6.42. The highest BCUT2D eigenvalue weighted by atomic mass is 16.3. The maximum atomic E-state index is 13.1. The Balaban J connectivity index is 1.29.